The molecule has 1 saturated carbocycles. The van der Waals surface area contributed by atoms with Gasteiger partial charge in [0.05, 0.1) is 22.4 Å². The highest BCUT2D eigenvalue weighted by Crippen LogP contribution is 2.44. The summed E-state index contributed by atoms with van der Waals surface area (Å²) in [6.45, 7) is 0. The van der Waals surface area contributed by atoms with Crippen LogP contribution in [0.2, 0.25) is 10.3 Å². The largest absolute Gasteiger partial charge is 0.417 e. The molecule has 3 rings (SSSR count). The van der Waals surface area contributed by atoms with Crippen molar-refractivity contribution in [3.8, 4) is 0 Å². The SMILES string of the molecule is O=C(NC(c1cccc(Cl)n1)C1(O)CCC(F)(F)CC1)c1cc(C(F)(F)F)cnc1Cl. The lowest BCUT2D eigenvalue weighted by Crippen LogP contribution is -2.50. The fourth-order valence-electron chi connectivity index (χ4n) is 3.38. The van der Waals surface area contributed by atoms with Crippen LogP contribution in [0, 0.1) is 0 Å². The number of amides is 1. The van der Waals surface area contributed by atoms with Crippen LogP contribution >= 0.6 is 23.2 Å². The van der Waals surface area contributed by atoms with Gasteiger partial charge in [-0.05, 0) is 31.0 Å². The lowest BCUT2D eigenvalue weighted by Gasteiger charge is -2.41. The first-order valence-corrected chi connectivity index (χ1v) is 9.83. The van der Waals surface area contributed by atoms with Gasteiger partial charge in [-0.25, -0.2) is 18.7 Å². The molecule has 0 bridgehead atoms. The smallest absolute Gasteiger partial charge is 0.387 e. The van der Waals surface area contributed by atoms with E-state index in [0.717, 1.165) is 0 Å². The molecule has 1 aliphatic carbocycles. The van der Waals surface area contributed by atoms with Gasteiger partial charge in [-0.15, -0.1) is 0 Å². The molecule has 168 valence electrons. The molecule has 1 amide bonds. The average Bonchev–Trinajstić information content (AvgIpc) is 2.68. The van der Waals surface area contributed by atoms with Crippen molar-refractivity contribution >= 4 is 29.1 Å². The van der Waals surface area contributed by atoms with Crippen LogP contribution in [-0.4, -0.2) is 32.5 Å². The normalized spacial score (nSPS) is 19.0. The third kappa shape index (κ3) is 5.42. The van der Waals surface area contributed by atoms with E-state index < -0.39 is 58.8 Å². The monoisotopic (exact) mass is 483 g/mol. The zero-order valence-corrected chi connectivity index (χ0v) is 17.2. The van der Waals surface area contributed by atoms with Gasteiger partial charge >= 0.3 is 6.18 Å². The quantitative estimate of drug-likeness (QED) is 0.462. The van der Waals surface area contributed by atoms with E-state index >= 15 is 0 Å². The predicted octanol–water partition coefficient (Wildman–Crippen LogP) is 5.21. The van der Waals surface area contributed by atoms with Gasteiger partial charge in [-0.3, -0.25) is 4.79 Å². The van der Waals surface area contributed by atoms with Crippen molar-refractivity contribution in [2.75, 3.05) is 0 Å². The molecule has 1 atom stereocenters. The summed E-state index contributed by atoms with van der Waals surface area (Å²) >= 11 is 11.7. The van der Waals surface area contributed by atoms with Crippen LogP contribution in [0.3, 0.4) is 0 Å². The van der Waals surface area contributed by atoms with Crippen molar-refractivity contribution in [1.29, 1.82) is 0 Å². The molecule has 1 unspecified atom stereocenters. The van der Waals surface area contributed by atoms with Crippen LogP contribution in [0.25, 0.3) is 0 Å². The first-order chi connectivity index (χ1) is 14.3. The number of pyridine rings is 2. The number of hydrogen-bond acceptors (Lipinski definition) is 4. The van der Waals surface area contributed by atoms with Gasteiger partial charge in [0.1, 0.15) is 16.3 Å². The maximum atomic E-state index is 13.6. The Morgan fingerprint density at radius 2 is 1.81 bits per heavy atom. The number of nitrogens with one attached hydrogen (secondary N) is 1. The molecular weight excluding hydrogens is 468 g/mol. The topological polar surface area (TPSA) is 75.1 Å². The fourth-order valence-corrected chi connectivity index (χ4v) is 3.74. The Balaban J connectivity index is 1.97. The second-order valence-corrected chi connectivity index (χ2v) is 8.06. The van der Waals surface area contributed by atoms with Crippen molar-refractivity contribution in [2.45, 2.75) is 49.4 Å². The van der Waals surface area contributed by atoms with E-state index in [1.165, 1.54) is 18.2 Å². The Morgan fingerprint density at radius 3 is 2.39 bits per heavy atom. The van der Waals surface area contributed by atoms with Crippen molar-refractivity contribution < 1.29 is 31.9 Å². The minimum atomic E-state index is -4.77. The summed E-state index contributed by atoms with van der Waals surface area (Å²) in [6, 6.07) is 3.50. The Kier molecular flexibility index (Phi) is 6.46. The predicted molar refractivity (Wildman–Crippen MR) is 102 cm³/mol. The molecule has 0 radical (unpaired) electrons. The molecule has 2 heterocycles. The maximum absolute atomic E-state index is 13.6. The minimum Gasteiger partial charge on any atom is -0.387 e. The highest BCUT2D eigenvalue weighted by atomic mass is 35.5. The summed E-state index contributed by atoms with van der Waals surface area (Å²) in [5, 5.41) is 13.0. The second kappa shape index (κ2) is 8.48. The van der Waals surface area contributed by atoms with Crippen LogP contribution in [0.5, 0.6) is 0 Å². The first-order valence-electron chi connectivity index (χ1n) is 9.07. The van der Waals surface area contributed by atoms with Gasteiger partial charge in [-0.2, -0.15) is 13.2 Å². The molecule has 2 N–H and O–H groups in total. The number of nitrogens with zero attached hydrogens (tertiary/aromatic N) is 2. The minimum absolute atomic E-state index is 0.0141. The van der Waals surface area contributed by atoms with Gasteiger partial charge in [0.2, 0.25) is 5.92 Å². The molecule has 31 heavy (non-hydrogen) atoms. The zero-order valence-electron chi connectivity index (χ0n) is 15.7. The molecule has 2 aromatic heterocycles. The van der Waals surface area contributed by atoms with E-state index in [9.17, 15) is 31.9 Å². The van der Waals surface area contributed by atoms with E-state index in [-0.39, 0.29) is 23.7 Å². The molecule has 5 nitrogen and oxygen atoms in total. The number of carbonyl (C=O) groups excluding carboxylic acids is 1. The molecular formula is C19H16Cl2F5N3O2. The highest BCUT2D eigenvalue weighted by Gasteiger charge is 2.48. The van der Waals surface area contributed by atoms with Crippen molar-refractivity contribution in [3.05, 3.63) is 57.6 Å². The summed E-state index contributed by atoms with van der Waals surface area (Å²) in [5.74, 6) is -4.06. The van der Waals surface area contributed by atoms with Gasteiger partial charge in [0.25, 0.3) is 5.91 Å². The number of halogens is 7. The third-order valence-electron chi connectivity index (χ3n) is 5.10. The molecule has 0 spiro atoms. The number of carbonyl (C=O) groups is 1. The third-order valence-corrected chi connectivity index (χ3v) is 5.62. The van der Waals surface area contributed by atoms with Gasteiger partial charge < -0.3 is 10.4 Å². The summed E-state index contributed by atoms with van der Waals surface area (Å²) in [7, 11) is 0. The van der Waals surface area contributed by atoms with Crippen molar-refractivity contribution in [2.24, 2.45) is 0 Å². The maximum Gasteiger partial charge on any atom is 0.417 e. The molecule has 12 heteroatoms. The summed E-state index contributed by atoms with van der Waals surface area (Å²) in [4.78, 5) is 20.2. The van der Waals surface area contributed by atoms with Crippen LogP contribution in [0.15, 0.2) is 30.5 Å². The molecule has 0 aliphatic heterocycles. The van der Waals surface area contributed by atoms with E-state index in [2.05, 4.69) is 15.3 Å². The van der Waals surface area contributed by atoms with Crippen LogP contribution in [-0.2, 0) is 6.18 Å². The van der Waals surface area contributed by atoms with E-state index in [0.29, 0.717) is 12.3 Å². The highest BCUT2D eigenvalue weighted by molar-refractivity contribution is 6.32. The van der Waals surface area contributed by atoms with Gasteiger partial charge in [-0.1, -0.05) is 29.3 Å². The second-order valence-electron chi connectivity index (χ2n) is 7.31. The Hall–Kier alpha value is -2.04. The van der Waals surface area contributed by atoms with Crippen LogP contribution in [0.4, 0.5) is 22.0 Å². The number of aliphatic hydroxyl groups is 1. The van der Waals surface area contributed by atoms with Gasteiger partial charge in [0, 0.05) is 19.0 Å². The van der Waals surface area contributed by atoms with E-state index in [4.69, 9.17) is 23.2 Å². The van der Waals surface area contributed by atoms with E-state index in [1.54, 1.807) is 0 Å². The number of aromatic nitrogens is 2. The number of alkyl halides is 5. The Morgan fingerprint density at radius 1 is 1.16 bits per heavy atom. The average molecular weight is 484 g/mol. The lowest BCUT2D eigenvalue weighted by atomic mass is 9.76. The molecule has 1 fully saturated rings. The summed E-state index contributed by atoms with van der Waals surface area (Å²) in [5.41, 5.74) is -3.57. The summed E-state index contributed by atoms with van der Waals surface area (Å²) < 4.78 is 66.3. The van der Waals surface area contributed by atoms with Crippen LogP contribution in [0.1, 0.15) is 53.3 Å². The van der Waals surface area contributed by atoms with Crippen molar-refractivity contribution in [1.82, 2.24) is 15.3 Å². The van der Waals surface area contributed by atoms with Gasteiger partial charge in [0.15, 0.2) is 0 Å². The molecule has 0 aromatic carbocycles. The van der Waals surface area contributed by atoms with Crippen LogP contribution < -0.4 is 5.32 Å². The number of rotatable bonds is 4. The fraction of sp³-hybridized carbons (Fsp3) is 0.421. The molecule has 1 aliphatic rings. The number of hydrogen-bond donors (Lipinski definition) is 2. The Labute approximate surface area is 183 Å². The zero-order chi connectivity index (χ0) is 23.0. The standard InChI is InChI=1S/C19H16Cl2F5N3O2/c20-13-3-1-2-12(28-13)14(17(31)4-6-18(22,23)7-5-17)29-16(30)11-8-10(19(24,25)26)9-27-15(11)21/h1-3,8-9,14,31H,4-7H2,(H,29,30). The van der Waals surface area contributed by atoms with E-state index in [1.807, 2.05) is 0 Å². The first kappa shape index (κ1) is 23.6. The van der Waals surface area contributed by atoms with Crippen molar-refractivity contribution in [3.63, 3.8) is 0 Å². The Bertz CT molecular complexity index is 977. The lowest BCUT2D eigenvalue weighted by molar-refractivity contribution is -0.137. The molecule has 2 aromatic rings. The molecule has 0 saturated heterocycles. The summed E-state index contributed by atoms with van der Waals surface area (Å²) in [6.07, 6.45) is -6.33.